The third-order valence-electron chi connectivity index (χ3n) is 4.79. The number of likely N-dealkylation sites (N-methyl/N-ethyl adjacent to an activating group) is 1. The van der Waals surface area contributed by atoms with Gasteiger partial charge in [0.25, 0.3) is 5.91 Å². The van der Waals surface area contributed by atoms with Crippen LogP contribution in [0.2, 0.25) is 0 Å². The molecule has 0 radical (unpaired) electrons. The van der Waals surface area contributed by atoms with Gasteiger partial charge < -0.3 is 9.80 Å². The monoisotopic (exact) mass is 389 g/mol. The number of nitrogens with zero attached hydrogens (tertiary/aromatic N) is 5. The standard InChI is InChI=1S/C18H23N5O3S/c1-22(9-5-14-3-7-19-8-4-14)17(24)15-11-20-18(21-12-15)23(2)16-6-10-27(25,26)13-16/h3-4,7-8,11-12,16H,5-6,9-10,13H2,1-2H3. The Labute approximate surface area is 159 Å². The predicted octanol–water partition coefficient (Wildman–Crippen LogP) is 0.810. The zero-order valence-corrected chi connectivity index (χ0v) is 16.3. The smallest absolute Gasteiger partial charge is 0.256 e. The highest BCUT2D eigenvalue weighted by atomic mass is 32.2. The number of hydrogen-bond donors (Lipinski definition) is 0. The van der Waals surface area contributed by atoms with Crippen molar-refractivity contribution < 1.29 is 13.2 Å². The summed E-state index contributed by atoms with van der Waals surface area (Å²) >= 11 is 0. The molecule has 8 nitrogen and oxygen atoms in total. The van der Waals surface area contributed by atoms with Crippen molar-refractivity contribution in [2.24, 2.45) is 0 Å². The maximum absolute atomic E-state index is 12.5. The van der Waals surface area contributed by atoms with E-state index in [4.69, 9.17) is 0 Å². The van der Waals surface area contributed by atoms with E-state index in [2.05, 4.69) is 15.0 Å². The normalized spacial score (nSPS) is 18.2. The fourth-order valence-electron chi connectivity index (χ4n) is 3.03. The van der Waals surface area contributed by atoms with E-state index in [1.165, 1.54) is 12.4 Å². The fraction of sp³-hybridized carbons (Fsp3) is 0.444. The lowest BCUT2D eigenvalue weighted by atomic mass is 10.2. The molecule has 3 rings (SSSR count). The van der Waals surface area contributed by atoms with Crippen LogP contribution in [0.4, 0.5) is 5.95 Å². The summed E-state index contributed by atoms with van der Waals surface area (Å²) in [6.45, 7) is 0.574. The second kappa shape index (κ2) is 7.99. The highest BCUT2D eigenvalue weighted by molar-refractivity contribution is 7.91. The zero-order chi connectivity index (χ0) is 19.4. The van der Waals surface area contributed by atoms with Gasteiger partial charge in [0.15, 0.2) is 9.84 Å². The number of aromatic nitrogens is 3. The van der Waals surface area contributed by atoms with E-state index >= 15 is 0 Å². The van der Waals surface area contributed by atoms with Crippen molar-refractivity contribution in [3.63, 3.8) is 0 Å². The summed E-state index contributed by atoms with van der Waals surface area (Å²) in [6.07, 6.45) is 7.76. The molecule has 0 spiro atoms. The van der Waals surface area contributed by atoms with Gasteiger partial charge in [0.05, 0.1) is 17.1 Å². The van der Waals surface area contributed by atoms with Crippen molar-refractivity contribution >= 4 is 21.7 Å². The number of rotatable bonds is 6. The molecule has 1 saturated heterocycles. The molecule has 0 saturated carbocycles. The first-order valence-corrected chi connectivity index (χ1v) is 10.6. The largest absolute Gasteiger partial charge is 0.341 e. The highest BCUT2D eigenvalue weighted by Gasteiger charge is 2.31. The first kappa shape index (κ1) is 19.2. The fourth-order valence-corrected chi connectivity index (χ4v) is 4.80. The van der Waals surface area contributed by atoms with Crippen LogP contribution in [0.1, 0.15) is 22.3 Å². The van der Waals surface area contributed by atoms with Gasteiger partial charge in [-0.1, -0.05) is 0 Å². The molecule has 2 aromatic heterocycles. The van der Waals surface area contributed by atoms with E-state index in [9.17, 15) is 13.2 Å². The Hall–Kier alpha value is -2.55. The molecular weight excluding hydrogens is 366 g/mol. The molecule has 1 unspecified atom stereocenters. The minimum Gasteiger partial charge on any atom is -0.341 e. The molecule has 0 aliphatic carbocycles. The number of carbonyl (C=O) groups is 1. The van der Waals surface area contributed by atoms with Crippen LogP contribution in [0.5, 0.6) is 0 Å². The van der Waals surface area contributed by atoms with E-state index in [1.54, 1.807) is 36.3 Å². The van der Waals surface area contributed by atoms with Crippen LogP contribution in [0.15, 0.2) is 36.9 Å². The van der Waals surface area contributed by atoms with Gasteiger partial charge in [-0.25, -0.2) is 18.4 Å². The lowest BCUT2D eigenvalue weighted by Crippen LogP contribution is -2.34. The molecule has 9 heteroatoms. The van der Waals surface area contributed by atoms with E-state index in [1.807, 2.05) is 12.1 Å². The minimum absolute atomic E-state index is 0.116. The molecule has 0 bridgehead atoms. The van der Waals surface area contributed by atoms with Crippen LogP contribution in [-0.4, -0.2) is 72.4 Å². The second-order valence-corrected chi connectivity index (χ2v) is 9.00. The van der Waals surface area contributed by atoms with Crippen molar-refractivity contribution in [1.29, 1.82) is 0 Å². The van der Waals surface area contributed by atoms with Gasteiger partial charge in [-0.15, -0.1) is 0 Å². The lowest BCUT2D eigenvalue weighted by molar-refractivity contribution is 0.0796. The second-order valence-electron chi connectivity index (χ2n) is 6.77. The topological polar surface area (TPSA) is 96.4 Å². The summed E-state index contributed by atoms with van der Waals surface area (Å²) in [4.78, 5) is 28.4. The predicted molar refractivity (Wildman–Crippen MR) is 102 cm³/mol. The van der Waals surface area contributed by atoms with E-state index in [0.717, 1.165) is 12.0 Å². The van der Waals surface area contributed by atoms with E-state index in [0.29, 0.717) is 24.5 Å². The van der Waals surface area contributed by atoms with Crippen molar-refractivity contribution in [1.82, 2.24) is 19.9 Å². The van der Waals surface area contributed by atoms with Crippen LogP contribution in [-0.2, 0) is 16.3 Å². The van der Waals surface area contributed by atoms with E-state index in [-0.39, 0.29) is 23.5 Å². The number of amides is 1. The summed E-state index contributed by atoms with van der Waals surface area (Å²) < 4.78 is 23.3. The van der Waals surface area contributed by atoms with Gasteiger partial charge in [-0.3, -0.25) is 9.78 Å². The van der Waals surface area contributed by atoms with Gasteiger partial charge in [0.1, 0.15) is 0 Å². The Morgan fingerprint density at radius 1 is 1.19 bits per heavy atom. The molecule has 1 fully saturated rings. The SMILES string of the molecule is CN(CCc1ccncc1)C(=O)c1cnc(N(C)C2CCS(=O)(=O)C2)nc1. The number of sulfone groups is 1. The summed E-state index contributed by atoms with van der Waals surface area (Å²) in [7, 11) is 0.551. The number of carbonyl (C=O) groups excluding carboxylic acids is 1. The Balaban J connectivity index is 1.59. The number of anilines is 1. The lowest BCUT2D eigenvalue weighted by Gasteiger charge is -2.23. The summed E-state index contributed by atoms with van der Waals surface area (Å²) in [6, 6.07) is 3.73. The molecule has 144 valence electrons. The Morgan fingerprint density at radius 2 is 1.85 bits per heavy atom. The number of pyridine rings is 1. The Kier molecular flexibility index (Phi) is 5.69. The zero-order valence-electron chi connectivity index (χ0n) is 15.4. The molecule has 3 heterocycles. The van der Waals surface area contributed by atoms with Crippen LogP contribution in [0.25, 0.3) is 0 Å². The minimum atomic E-state index is -2.97. The average Bonchev–Trinajstić information content (AvgIpc) is 3.05. The molecule has 0 aromatic carbocycles. The molecule has 2 aromatic rings. The van der Waals surface area contributed by atoms with Crippen molar-refractivity contribution in [2.75, 3.05) is 37.0 Å². The quantitative estimate of drug-likeness (QED) is 0.721. The average molecular weight is 389 g/mol. The molecule has 1 aliphatic rings. The summed E-state index contributed by atoms with van der Waals surface area (Å²) in [5, 5.41) is 0. The van der Waals surface area contributed by atoms with Crippen LogP contribution in [0.3, 0.4) is 0 Å². The first-order valence-electron chi connectivity index (χ1n) is 8.75. The first-order chi connectivity index (χ1) is 12.9. The van der Waals surface area contributed by atoms with Crippen molar-refractivity contribution in [3.8, 4) is 0 Å². The summed E-state index contributed by atoms with van der Waals surface area (Å²) in [5.74, 6) is 0.585. The van der Waals surface area contributed by atoms with Crippen LogP contribution in [0, 0.1) is 0 Å². The van der Waals surface area contributed by atoms with Gasteiger partial charge in [-0.2, -0.15) is 0 Å². The molecule has 1 amide bonds. The molecule has 1 atom stereocenters. The van der Waals surface area contributed by atoms with Crippen molar-refractivity contribution in [3.05, 3.63) is 48.0 Å². The Bertz CT molecular complexity index is 887. The van der Waals surface area contributed by atoms with Gasteiger partial charge in [0, 0.05) is 51.5 Å². The highest BCUT2D eigenvalue weighted by Crippen LogP contribution is 2.20. The van der Waals surface area contributed by atoms with E-state index < -0.39 is 9.84 Å². The molecular formula is C18H23N5O3S. The summed E-state index contributed by atoms with van der Waals surface area (Å²) in [5.41, 5.74) is 1.52. The van der Waals surface area contributed by atoms with Crippen LogP contribution < -0.4 is 4.90 Å². The van der Waals surface area contributed by atoms with Gasteiger partial charge in [-0.05, 0) is 30.5 Å². The maximum atomic E-state index is 12.5. The maximum Gasteiger partial charge on any atom is 0.256 e. The molecule has 1 aliphatic heterocycles. The van der Waals surface area contributed by atoms with Gasteiger partial charge in [0.2, 0.25) is 5.95 Å². The van der Waals surface area contributed by atoms with Crippen LogP contribution >= 0.6 is 0 Å². The number of hydrogen-bond acceptors (Lipinski definition) is 7. The Morgan fingerprint density at radius 3 is 2.44 bits per heavy atom. The molecule has 0 N–H and O–H groups in total. The third kappa shape index (κ3) is 4.79. The van der Waals surface area contributed by atoms with Gasteiger partial charge >= 0.3 is 0 Å². The molecule has 27 heavy (non-hydrogen) atoms. The third-order valence-corrected chi connectivity index (χ3v) is 6.54. The van der Waals surface area contributed by atoms with Crippen molar-refractivity contribution in [2.45, 2.75) is 18.9 Å².